The fraction of sp³-hybridized carbons (Fsp3) is 0.875. The van der Waals surface area contributed by atoms with Crippen LogP contribution in [0.15, 0.2) is 0 Å². The van der Waals surface area contributed by atoms with Crippen molar-refractivity contribution < 1.29 is 65.7 Å². The van der Waals surface area contributed by atoms with E-state index < -0.39 is 22.8 Å². The predicted molar refractivity (Wildman–Crippen MR) is 83.3 cm³/mol. The van der Waals surface area contributed by atoms with Gasteiger partial charge in [-0.15, -0.1) is 0 Å². The second kappa shape index (κ2) is 16.3. The molecule has 0 spiro atoms. The topological polar surface area (TPSA) is 132 Å². The summed E-state index contributed by atoms with van der Waals surface area (Å²) < 4.78 is 0. The molecule has 2 atom stereocenters. The molecule has 1 fully saturated rings. The van der Waals surface area contributed by atoms with Crippen LogP contribution in [0.2, 0.25) is 0 Å². The van der Waals surface area contributed by atoms with E-state index in [1.54, 1.807) is 41.5 Å². The summed E-state index contributed by atoms with van der Waals surface area (Å²) in [5.41, 5.74) is 9.92. The van der Waals surface area contributed by atoms with Crippen molar-refractivity contribution in [1.29, 1.82) is 0 Å². The molecule has 1 saturated carbocycles. The molecule has 1 rings (SSSR count). The molecule has 4 N–H and O–H groups in total. The Balaban J connectivity index is -0.0000000758. The van der Waals surface area contributed by atoms with E-state index in [4.69, 9.17) is 11.5 Å². The van der Waals surface area contributed by atoms with Gasteiger partial charge in [0.2, 0.25) is 0 Å². The Morgan fingerprint density at radius 1 is 0.760 bits per heavy atom. The van der Waals surface area contributed by atoms with Crippen molar-refractivity contribution >= 4 is 11.9 Å². The summed E-state index contributed by atoms with van der Waals surface area (Å²) >= 11 is 0. The van der Waals surface area contributed by atoms with Gasteiger partial charge < -0.3 is 56.1 Å². The number of aliphatic carboxylic acids is 2. The third-order valence-electron chi connectivity index (χ3n) is 3.10. The van der Waals surface area contributed by atoms with Crippen molar-refractivity contribution in [3.63, 3.8) is 0 Å². The zero-order valence-electron chi connectivity index (χ0n) is 15.8. The average Bonchev–Trinajstić information content (AvgIpc) is 2.32. The molecule has 9 heteroatoms. The van der Waals surface area contributed by atoms with E-state index >= 15 is 0 Å². The number of halogens is 2. The van der Waals surface area contributed by atoms with E-state index in [0.717, 1.165) is 12.8 Å². The zero-order valence-corrected chi connectivity index (χ0v) is 19.6. The molecule has 1 aliphatic carbocycles. The number of hydrogen-bond acceptors (Lipinski definition) is 6. The van der Waals surface area contributed by atoms with Crippen molar-refractivity contribution in [2.24, 2.45) is 22.3 Å². The molecule has 0 aromatic heterocycles. The van der Waals surface area contributed by atoms with E-state index in [0.29, 0.717) is 0 Å². The van der Waals surface area contributed by atoms with Crippen LogP contribution in [-0.4, -0.2) is 24.0 Å². The van der Waals surface area contributed by atoms with Crippen LogP contribution in [0.4, 0.5) is 0 Å². The van der Waals surface area contributed by atoms with Gasteiger partial charge in [0.05, 0.1) is 0 Å². The van der Waals surface area contributed by atoms with Crippen LogP contribution in [-0.2, 0) is 30.7 Å². The number of hydrogen-bond donors (Lipinski definition) is 2. The quantitative estimate of drug-likeness (QED) is 0.292. The molecule has 0 aromatic rings. The van der Waals surface area contributed by atoms with Crippen LogP contribution in [0.3, 0.4) is 0 Å². The van der Waals surface area contributed by atoms with Crippen molar-refractivity contribution in [1.82, 2.24) is 0 Å². The minimum absolute atomic E-state index is 0. The van der Waals surface area contributed by atoms with E-state index in [1.807, 2.05) is 0 Å². The van der Waals surface area contributed by atoms with Crippen LogP contribution in [0, 0.1) is 10.8 Å². The van der Waals surface area contributed by atoms with Crippen LogP contribution in [0.25, 0.3) is 0 Å². The summed E-state index contributed by atoms with van der Waals surface area (Å²) in [6.45, 7) is 9.60. The zero-order chi connectivity index (χ0) is 18.1. The third kappa shape index (κ3) is 22.1. The fourth-order valence-electron chi connectivity index (χ4n) is 1.19. The van der Waals surface area contributed by atoms with Gasteiger partial charge in [-0.1, -0.05) is 54.4 Å². The summed E-state index contributed by atoms with van der Waals surface area (Å²) in [4.78, 5) is 19.8. The van der Waals surface area contributed by atoms with Crippen molar-refractivity contribution in [2.45, 2.75) is 79.3 Å². The first-order valence-electron chi connectivity index (χ1n) is 7.63. The molecule has 0 aromatic carbocycles. The van der Waals surface area contributed by atoms with Crippen molar-refractivity contribution in [2.75, 3.05) is 0 Å². The number of carboxylic acids is 2. The number of carbonyl (C=O) groups excluding carboxylic acids is 2. The van der Waals surface area contributed by atoms with Gasteiger partial charge >= 0.3 is 21.1 Å². The van der Waals surface area contributed by atoms with Crippen LogP contribution in [0.1, 0.15) is 67.2 Å². The van der Waals surface area contributed by atoms with Gasteiger partial charge in [-0.25, -0.2) is 0 Å². The largest absolute Gasteiger partial charge is 4.00 e. The molecule has 0 amide bonds. The first kappa shape index (κ1) is 36.1. The van der Waals surface area contributed by atoms with Crippen LogP contribution in [0.5, 0.6) is 0 Å². The molecule has 0 unspecified atom stereocenters. The molecule has 154 valence electrons. The van der Waals surface area contributed by atoms with E-state index in [9.17, 15) is 19.8 Å². The average molecular weight is 582 g/mol. The third-order valence-corrected chi connectivity index (χ3v) is 3.10. The van der Waals surface area contributed by atoms with Gasteiger partial charge in [-0.3, -0.25) is 0 Å². The SMILES string of the molecule is CC(C)(C)C(=O)[O-].CC(C)(C)C(=O)[O-].N[C@@H]1CCCC[C@H]1N.[Cl-].[Cl-].[Pt+4]. The summed E-state index contributed by atoms with van der Waals surface area (Å²) in [6.07, 6.45) is 4.80. The van der Waals surface area contributed by atoms with E-state index in [-0.39, 0.29) is 58.0 Å². The Kier molecular flexibility index (Phi) is 23.6. The Morgan fingerprint density at radius 2 is 0.920 bits per heavy atom. The summed E-state index contributed by atoms with van der Waals surface area (Å²) in [7, 11) is 0. The number of rotatable bonds is 0. The van der Waals surface area contributed by atoms with Gasteiger partial charge in [-0.05, 0) is 12.8 Å². The number of carbonyl (C=O) groups is 2. The van der Waals surface area contributed by atoms with Gasteiger partial charge in [0.15, 0.2) is 0 Å². The second-order valence-corrected chi connectivity index (χ2v) is 7.69. The van der Waals surface area contributed by atoms with E-state index in [1.165, 1.54) is 12.8 Å². The fourth-order valence-corrected chi connectivity index (χ4v) is 1.19. The maximum absolute atomic E-state index is 9.91. The first-order valence-corrected chi connectivity index (χ1v) is 7.63. The second-order valence-electron chi connectivity index (χ2n) is 7.69. The smallest absolute Gasteiger partial charge is 1.00 e. The van der Waals surface area contributed by atoms with Gasteiger partial charge in [-0.2, -0.15) is 0 Å². The molecule has 0 aliphatic heterocycles. The molecule has 0 radical (unpaired) electrons. The minimum atomic E-state index is -1.01. The van der Waals surface area contributed by atoms with Gasteiger partial charge in [0, 0.05) is 34.9 Å². The Morgan fingerprint density at radius 3 is 1.00 bits per heavy atom. The molecule has 0 saturated heterocycles. The van der Waals surface area contributed by atoms with Crippen LogP contribution < -0.4 is 46.5 Å². The number of nitrogens with two attached hydrogens (primary N) is 2. The molecular weight excluding hydrogens is 550 g/mol. The summed E-state index contributed by atoms with van der Waals surface area (Å²) in [6, 6.07) is 0.562. The normalized spacial score (nSPS) is 19.0. The van der Waals surface area contributed by atoms with Crippen molar-refractivity contribution in [3.8, 4) is 0 Å². The molecule has 1 aliphatic rings. The monoisotopic (exact) mass is 581 g/mol. The Bertz CT molecular complexity index is 325. The predicted octanol–water partition coefficient (Wildman–Crippen LogP) is -6.21. The maximum Gasteiger partial charge on any atom is 4.00 e. The van der Waals surface area contributed by atoms with Crippen molar-refractivity contribution in [3.05, 3.63) is 0 Å². The van der Waals surface area contributed by atoms with Crippen LogP contribution >= 0.6 is 0 Å². The standard InChI is InChI=1S/C6H14N2.2C5H10O2.2ClH.Pt/c7-5-3-1-2-4-6(5)8;2*1-5(2,3)4(6)7;;;/h5-6H,1-4,7-8H2;2*1-3H3,(H,6,7);2*1H;/q;;;;;+4/p-4/t5-,6-;;;;;/m1...../s1. The Hall–Kier alpha value is 0.128. The Labute approximate surface area is 179 Å². The summed E-state index contributed by atoms with van der Waals surface area (Å²) in [5, 5.41) is 19.8. The molecule has 6 nitrogen and oxygen atoms in total. The molecule has 25 heavy (non-hydrogen) atoms. The molecular formula is C16H32Cl2N2O4Pt. The first-order chi connectivity index (χ1) is 9.69. The molecule has 0 heterocycles. The van der Waals surface area contributed by atoms with E-state index in [2.05, 4.69) is 0 Å². The summed E-state index contributed by atoms with van der Waals surface area (Å²) in [5.74, 6) is -2.01. The molecule has 0 bridgehead atoms. The number of carboxylic acid groups (broad SMARTS) is 2. The van der Waals surface area contributed by atoms with Gasteiger partial charge in [0.1, 0.15) is 0 Å². The van der Waals surface area contributed by atoms with Gasteiger partial charge in [0.25, 0.3) is 0 Å². The minimum Gasteiger partial charge on any atom is -1.00 e. The maximum atomic E-state index is 9.91.